The third-order valence-electron chi connectivity index (χ3n) is 4.10. The molecule has 1 aromatic carbocycles. The van der Waals surface area contributed by atoms with Crippen LogP contribution < -0.4 is 3.61 Å². The molecule has 1 fully saturated rings. The Kier molecular flexibility index (Phi) is 5.06. The summed E-state index contributed by atoms with van der Waals surface area (Å²) in [5.41, 5.74) is -0.673. The Hall–Kier alpha value is -0.360. The van der Waals surface area contributed by atoms with Crippen molar-refractivity contribution in [2.45, 2.75) is 43.2 Å². The Labute approximate surface area is 125 Å². The summed E-state index contributed by atoms with van der Waals surface area (Å²) in [6.45, 7) is 3.93. The first kappa shape index (κ1) is 15.0. The molecule has 3 heteroatoms. The molecule has 0 aliphatic heterocycles. The number of hydrogen-bond acceptors (Lipinski definition) is 2. The Bertz CT molecular complexity index is 428. The number of ketones is 1. The first-order chi connectivity index (χ1) is 8.99. The Morgan fingerprint density at radius 3 is 2.63 bits per heavy atom. The fourth-order valence-electron chi connectivity index (χ4n) is 2.55. The quantitative estimate of drug-likeness (QED) is 0.821. The molecule has 1 aliphatic carbocycles. The van der Waals surface area contributed by atoms with Crippen molar-refractivity contribution in [1.29, 1.82) is 0 Å². The zero-order chi connectivity index (χ0) is 13.9. The number of aliphatic hydroxyl groups is 1. The molecule has 0 spiro atoms. The van der Waals surface area contributed by atoms with Crippen LogP contribution in [0.15, 0.2) is 30.3 Å². The van der Waals surface area contributed by atoms with Crippen LogP contribution in [0.5, 0.6) is 0 Å². The van der Waals surface area contributed by atoms with Gasteiger partial charge in [-0.1, -0.05) is 0 Å². The molecule has 19 heavy (non-hydrogen) atoms. The van der Waals surface area contributed by atoms with Crippen molar-refractivity contribution in [1.82, 2.24) is 0 Å². The van der Waals surface area contributed by atoms with Crippen LogP contribution in [-0.4, -0.2) is 37.4 Å². The molecule has 0 saturated heterocycles. The van der Waals surface area contributed by atoms with Gasteiger partial charge in [-0.2, -0.15) is 0 Å². The van der Waals surface area contributed by atoms with Gasteiger partial charge in [-0.05, 0) is 0 Å². The SMILES string of the molecule is CC1CCC(C(C)(O)C[Te]c2ccccc2)CC1=O. The summed E-state index contributed by atoms with van der Waals surface area (Å²) in [6, 6.07) is 10.4. The van der Waals surface area contributed by atoms with E-state index in [0.29, 0.717) is 12.2 Å². The van der Waals surface area contributed by atoms with Gasteiger partial charge in [-0.15, -0.1) is 0 Å². The standard InChI is InChI=1S/C16H22O2Te/c1-12-8-9-13(10-15(12)17)16(2,18)11-19-14-6-4-3-5-7-14/h3-7,12-13,18H,8-11H2,1-2H3. The molecule has 0 radical (unpaired) electrons. The molecule has 104 valence electrons. The average Bonchev–Trinajstić information content (AvgIpc) is 2.41. The molecule has 3 atom stereocenters. The van der Waals surface area contributed by atoms with E-state index in [-0.39, 0.29) is 32.8 Å². The molecule has 0 bridgehead atoms. The summed E-state index contributed by atoms with van der Waals surface area (Å²) in [5.74, 6) is 0.680. The van der Waals surface area contributed by atoms with Gasteiger partial charge >= 0.3 is 126 Å². The monoisotopic (exact) mass is 376 g/mol. The van der Waals surface area contributed by atoms with Crippen molar-refractivity contribution in [3.63, 3.8) is 0 Å². The zero-order valence-electron chi connectivity index (χ0n) is 11.6. The zero-order valence-corrected chi connectivity index (χ0v) is 14.0. The van der Waals surface area contributed by atoms with Crippen LogP contribution in [0.2, 0.25) is 4.47 Å². The predicted molar refractivity (Wildman–Crippen MR) is 78.8 cm³/mol. The first-order valence-corrected chi connectivity index (χ1v) is 9.73. The van der Waals surface area contributed by atoms with Crippen LogP contribution in [-0.2, 0) is 4.79 Å². The van der Waals surface area contributed by atoms with Crippen LogP contribution in [0.25, 0.3) is 0 Å². The van der Waals surface area contributed by atoms with Crippen molar-refractivity contribution in [2.24, 2.45) is 11.8 Å². The van der Waals surface area contributed by atoms with Gasteiger partial charge in [0.2, 0.25) is 0 Å². The normalized spacial score (nSPS) is 27.0. The fraction of sp³-hybridized carbons (Fsp3) is 0.562. The van der Waals surface area contributed by atoms with Gasteiger partial charge in [-0.25, -0.2) is 0 Å². The van der Waals surface area contributed by atoms with Crippen molar-refractivity contribution in [3.8, 4) is 0 Å². The average molecular weight is 374 g/mol. The number of benzene rings is 1. The molecule has 3 unspecified atom stereocenters. The molecule has 1 aromatic rings. The number of Topliss-reactive ketones (excluding diaryl/α,β-unsaturated/α-hetero) is 1. The summed E-state index contributed by atoms with van der Waals surface area (Å²) in [7, 11) is 0. The molecule has 2 nitrogen and oxygen atoms in total. The van der Waals surface area contributed by atoms with E-state index in [1.165, 1.54) is 3.61 Å². The van der Waals surface area contributed by atoms with E-state index in [1.807, 2.05) is 19.9 Å². The molecule has 1 aliphatic rings. The van der Waals surface area contributed by atoms with Gasteiger partial charge in [0, 0.05) is 0 Å². The van der Waals surface area contributed by atoms with Crippen LogP contribution in [0.1, 0.15) is 33.1 Å². The maximum atomic E-state index is 11.8. The minimum absolute atomic E-state index is 0.157. The molecule has 2 rings (SSSR count). The van der Waals surface area contributed by atoms with Gasteiger partial charge in [-0.3, -0.25) is 0 Å². The Morgan fingerprint density at radius 1 is 1.32 bits per heavy atom. The Balaban J connectivity index is 1.93. The maximum absolute atomic E-state index is 11.8. The molecule has 0 aromatic heterocycles. The molecule has 1 N–H and O–H groups in total. The minimum atomic E-state index is -0.673. The van der Waals surface area contributed by atoms with Gasteiger partial charge in [0.1, 0.15) is 0 Å². The first-order valence-electron chi connectivity index (χ1n) is 6.92. The van der Waals surface area contributed by atoms with E-state index in [4.69, 9.17) is 0 Å². The Morgan fingerprint density at radius 2 is 2.00 bits per heavy atom. The van der Waals surface area contributed by atoms with Crippen LogP contribution in [0.3, 0.4) is 0 Å². The predicted octanol–water partition coefficient (Wildman–Crippen LogP) is 2.19. The van der Waals surface area contributed by atoms with Gasteiger partial charge in [0.15, 0.2) is 0 Å². The van der Waals surface area contributed by atoms with Crippen molar-refractivity contribution in [3.05, 3.63) is 30.3 Å². The fourth-order valence-corrected chi connectivity index (χ4v) is 5.53. The van der Waals surface area contributed by atoms with E-state index < -0.39 is 5.60 Å². The number of carbonyl (C=O) groups excluding carboxylic acids is 1. The van der Waals surface area contributed by atoms with E-state index in [2.05, 4.69) is 24.3 Å². The third-order valence-corrected chi connectivity index (χ3v) is 7.91. The number of carbonyl (C=O) groups is 1. The van der Waals surface area contributed by atoms with Gasteiger partial charge in [0.05, 0.1) is 0 Å². The second kappa shape index (κ2) is 6.39. The van der Waals surface area contributed by atoms with Crippen molar-refractivity contribution in [2.75, 3.05) is 0 Å². The van der Waals surface area contributed by atoms with Crippen LogP contribution in [0, 0.1) is 11.8 Å². The molecular weight excluding hydrogens is 352 g/mol. The summed E-state index contributed by atoms with van der Waals surface area (Å²) in [6.07, 6.45) is 2.49. The van der Waals surface area contributed by atoms with Gasteiger partial charge in [0.25, 0.3) is 0 Å². The van der Waals surface area contributed by atoms with Crippen molar-refractivity contribution >= 4 is 30.3 Å². The summed E-state index contributed by atoms with van der Waals surface area (Å²) < 4.78 is 2.23. The topological polar surface area (TPSA) is 37.3 Å². The van der Waals surface area contributed by atoms with E-state index in [0.717, 1.165) is 17.3 Å². The van der Waals surface area contributed by atoms with E-state index >= 15 is 0 Å². The molecule has 0 amide bonds. The molecule has 1 saturated carbocycles. The summed E-state index contributed by atoms with van der Waals surface area (Å²) in [5, 5.41) is 10.7. The van der Waals surface area contributed by atoms with Crippen molar-refractivity contribution < 1.29 is 9.90 Å². The second-order valence-electron chi connectivity index (χ2n) is 5.80. The summed E-state index contributed by atoms with van der Waals surface area (Å²) >= 11 is -0.367. The summed E-state index contributed by atoms with van der Waals surface area (Å²) in [4.78, 5) is 11.8. The van der Waals surface area contributed by atoms with Crippen LogP contribution in [0.4, 0.5) is 0 Å². The van der Waals surface area contributed by atoms with Gasteiger partial charge < -0.3 is 0 Å². The van der Waals surface area contributed by atoms with E-state index in [9.17, 15) is 9.90 Å². The molecular formula is C16H22O2Te. The number of rotatable bonds is 4. The van der Waals surface area contributed by atoms with Crippen LogP contribution >= 0.6 is 0 Å². The third kappa shape index (κ3) is 4.05. The second-order valence-corrected chi connectivity index (χ2v) is 8.80. The molecule has 0 heterocycles. The number of hydrogen-bond donors (Lipinski definition) is 1. The van der Waals surface area contributed by atoms with E-state index in [1.54, 1.807) is 0 Å².